The molecule has 168 valence electrons. The Hall–Kier alpha value is -2.35. The van der Waals surface area contributed by atoms with Crippen molar-refractivity contribution in [2.75, 3.05) is 25.4 Å². The third-order valence-corrected chi connectivity index (χ3v) is 6.81. The lowest BCUT2D eigenvalue weighted by atomic mass is 9.96. The van der Waals surface area contributed by atoms with Crippen molar-refractivity contribution < 1.29 is 9.32 Å². The molecule has 1 amide bonds. The van der Waals surface area contributed by atoms with Crippen molar-refractivity contribution in [3.05, 3.63) is 65.0 Å². The summed E-state index contributed by atoms with van der Waals surface area (Å²) < 4.78 is 5.42. The van der Waals surface area contributed by atoms with Gasteiger partial charge in [-0.05, 0) is 57.1 Å². The third-order valence-electron chi connectivity index (χ3n) is 5.56. The Kier molecular flexibility index (Phi) is 7.84. The van der Waals surface area contributed by atoms with Gasteiger partial charge in [0.1, 0.15) is 0 Å². The number of likely N-dealkylation sites (tertiary alicyclic amines) is 1. The summed E-state index contributed by atoms with van der Waals surface area (Å²) in [6.07, 6.45) is 1.68. The molecule has 0 atom stereocenters. The first-order chi connectivity index (χ1) is 15.6. The molecule has 4 rings (SSSR count). The third kappa shape index (κ3) is 6.34. The topological polar surface area (TPSA) is 71.3 Å². The number of nitrogens with zero attached hydrogens (tertiary/aromatic N) is 3. The Labute approximate surface area is 197 Å². The van der Waals surface area contributed by atoms with Crippen LogP contribution in [0.3, 0.4) is 0 Å². The van der Waals surface area contributed by atoms with Crippen molar-refractivity contribution in [2.24, 2.45) is 5.92 Å². The highest BCUT2D eigenvalue weighted by molar-refractivity contribution is 7.99. The van der Waals surface area contributed by atoms with Crippen LogP contribution in [0.1, 0.15) is 24.3 Å². The summed E-state index contributed by atoms with van der Waals surface area (Å²) in [5.74, 6) is 2.23. The van der Waals surface area contributed by atoms with E-state index in [9.17, 15) is 4.79 Å². The molecule has 2 aromatic carbocycles. The number of carbonyl (C=O) groups is 1. The molecule has 0 radical (unpaired) electrons. The quantitative estimate of drug-likeness (QED) is 0.376. The molecule has 8 heteroatoms. The molecular weight excluding hydrogens is 444 g/mol. The second-order valence-electron chi connectivity index (χ2n) is 8.03. The van der Waals surface area contributed by atoms with E-state index in [2.05, 4.69) is 51.5 Å². The Balaban J connectivity index is 1.17. The molecule has 2 heterocycles. The molecule has 0 unspecified atom stereocenters. The Morgan fingerprint density at radius 2 is 2.00 bits per heavy atom. The highest BCUT2D eigenvalue weighted by atomic mass is 35.5. The second kappa shape index (κ2) is 11.0. The van der Waals surface area contributed by atoms with Crippen LogP contribution in [-0.2, 0) is 11.3 Å². The minimum atomic E-state index is 0.0698. The summed E-state index contributed by atoms with van der Waals surface area (Å²) >= 11 is 7.81. The lowest BCUT2D eigenvalue weighted by molar-refractivity contribution is -0.126. The SMILES string of the molecule is Cc1ccc(SCCNC(=O)C2CCN(Cc3nc(-c4cccc(Cl)c4)no3)CC2)cc1. The van der Waals surface area contributed by atoms with Crippen LogP contribution in [0.5, 0.6) is 0 Å². The van der Waals surface area contributed by atoms with Gasteiger partial charge in [-0.2, -0.15) is 4.98 Å². The zero-order chi connectivity index (χ0) is 22.3. The van der Waals surface area contributed by atoms with Gasteiger partial charge in [-0.15, -0.1) is 11.8 Å². The molecule has 3 aromatic rings. The first kappa shape index (κ1) is 22.8. The number of aryl methyl sites for hydroxylation is 1. The van der Waals surface area contributed by atoms with Crippen LogP contribution in [0.25, 0.3) is 11.4 Å². The molecule has 1 saturated heterocycles. The average molecular weight is 471 g/mol. The van der Waals surface area contributed by atoms with Crippen LogP contribution in [0.2, 0.25) is 5.02 Å². The number of benzene rings is 2. The fourth-order valence-electron chi connectivity index (χ4n) is 3.73. The summed E-state index contributed by atoms with van der Waals surface area (Å²) in [5.41, 5.74) is 2.10. The molecule has 1 fully saturated rings. The van der Waals surface area contributed by atoms with Gasteiger partial charge in [-0.25, -0.2) is 0 Å². The molecule has 0 bridgehead atoms. The zero-order valence-corrected chi connectivity index (χ0v) is 19.7. The first-order valence-corrected chi connectivity index (χ1v) is 12.2. The number of rotatable bonds is 8. The van der Waals surface area contributed by atoms with Gasteiger partial charge in [0.15, 0.2) is 0 Å². The first-order valence-electron chi connectivity index (χ1n) is 10.8. The lowest BCUT2D eigenvalue weighted by Gasteiger charge is -2.30. The number of thioether (sulfide) groups is 1. The maximum atomic E-state index is 12.5. The summed E-state index contributed by atoms with van der Waals surface area (Å²) in [7, 11) is 0. The van der Waals surface area contributed by atoms with Gasteiger partial charge >= 0.3 is 0 Å². The normalized spacial score (nSPS) is 15.1. The van der Waals surface area contributed by atoms with Gasteiger partial charge in [0.2, 0.25) is 17.6 Å². The molecule has 32 heavy (non-hydrogen) atoms. The maximum absolute atomic E-state index is 12.5. The molecule has 1 aliphatic rings. The predicted molar refractivity (Wildman–Crippen MR) is 128 cm³/mol. The van der Waals surface area contributed by atoms with E-state index in [4.69, 9.17) is 16.1 Å². The van der Waals surface area contributed by atoms with Crippen molar-refractivity contribution in [2.45, 2.75) is 31.2 Å². The molecule has 1 N–H and O–H groups in total. The summed E-state index contributed by atoms with van der Waals surface area (Å²) in [6, 6.07) is 15.9. The van der Waals surface area contributed by atoms with Crippen molar-refractivity contribution in [3.63, 3.8) is 0 Å². The standard InChI is InChI=1S/C24H27ClN4O2S/c1-17-5-7-21(8-6-17)32-14-11-26-24(30)18-9-12-29(13-10-18)16-22-27-23(28-31-22)19-3-2-4-20(25)15-19/h2-8,15,18H,9-14,16H2,1H3,(H,26,30). The molecule has 1 aromatic heterocycles. The van der Waals surface area contributed by atoms with Crippen LogP contribution < -0.4 is 5.32 Å². The number of aromatic nitrogens is 2. The van der Waals surface area contributed by atoms with Crippen LogP contribution in [0.4, 0.5) is 0 Å². The molecule has 1 aliphatic heterocycles. The van der Waals surface area contributed by atoms with Crippen molar-refractivity contribution in [1.82, 2.24) is 20.4 Å². The van der Waals surface area contributed by atoms with Crippen molar-refractivity contribution >= 4 is 29.3 Å². The van der Waals surface area contributed by atoms with Gasteiger partial charge in [0.25, 0.3) is 0 Å². The number of amides is 1. The highest BCUT2D eigenvalue weighted by Gasteiger charge is 2.25. The van der Waals surface area contributed by atoms with E-state index in [0.717, 1.165) is 37.2 Å². The molecule has 0 aliphatic carbocycles. The zero-order valence-electron chi connectivity index (χ0n) is 18.1. The van der Waals surface area contributed by atoms with E-state index in [1.807, 2.05) is 24.3 Å². The van der Waals surface area contributed by atoms with E-state index in [-0.39, 0.29) is 11.8 Å². The summed E-state index contributed by atoms with van der Waals surface area (Å²) in [5, 5.41) is 7.80. The maximum Gasteiger partial charge on any atom is 0.241 e. The Morgan fingerprint density at radius 3 is 2.75 bits per heavy atom. The number of nitrogens with one attached hydrogen (secondary N) is 1. The van der Waals surface area contributed by atoms with Crippen LogP contribution in [0, 0.1) is 12.8 Å². The van der Waals surface area contributed by atoms with Gasteiger partial charge in [0.05, 0.1) is 6.54 Å². The molecule has 6 nitrogen and oxygen atoms in total. The monoisotopic (exact) mass is 470 g/mol. The predicted octanol–water partition coefficient (Wildman–Crippen LogP) is 4.82. The smallest absolute Gasteiger partial charge is 0.241 e. The van der Waals surface area contributed by atoms with Gasteiger partial charge in [0, 0.05) is 33.7 Å². The average Bonchev–Trinajstić information content (AvgIpc) is 3.27. The number of hydrogen-bond acceptors (Lipinski definition) is 6. The molecule has 0 spiro atoms. The highest BCUT2D eigenvalue weighted by Crippen LogP contribution is 2.22. The number of hydrogen-bond donors (Lipinski definition) is 1. The van der Waals surface area contributed by atoms with Crippen molar-refractivity contribution in [3.8, 4) is 11.4 Å². The minimum Gasteiger partial charge on any atom is -0.355 e. The summed E-state index contributed by atoms with van der Waals surface area (Å²) in [6.45, 7) is 5.04. The molecular formula is C24H27ClN4O2S. The summed E-state index contributed by atoms with van der Waals surface area (Å²) in [4.78, 5) is 20.5. The fourth-order valence-corrected chi connectivity index (χ4v) is 4.69. The number of carbonyl (C=O) groups excluding carboxylic acids is 1. The molecule has 0 saturated carbocycles. The van der Waals surface area contributed by atoms with E-state index in [0.29, 0.717) is 29.8 Å². The number of piperidine rings is 1. The van der Waals surface area contributed by atoms with Crippen LogP contribution in [-0.4, -0.2) is 46.3 Å². The van der Waals surface area contributed by atoms with E-state index in [1.54, 1.807) is 11.8 Å². The minimum absolute atomic E-state index is 0.0698. The van der Waals surface area contributed by atoms with Gasteiger partial charge in [-0.3, -0.25) is 9.69 Å². The van der Waals surface area contributed by atoms with Crippen LogP contribution >= 0.6 is 23.4 Å². The second-order valence-corrected chi connectivity index (χ2v) is 9.63. The largest absolute Gasteiger partial charge is 0.355 e. The fraction of sp³-hybridized carbons (Fsp3) is 0.375. The Bertz CT molecular complexity index is 1030. The Morgan fingerprint density at radius 1 is 1.22 bits per heavy atom. The van der Waals surface area contributed by atoms with E-state index >= 15 is 0 Å². The van der Waals surface area contributed by atoms with Crippen molar-refractivity contribution in [1.29, 1.82) is 0 Å². The lowest BCUT2D eigenvalue weighted by Crippen LogP contribution is -2.40. The van der Waals surface area contributed by atoms with Crippen LogP contribution in [0.15, 0.2) is 57.9 Å². The van der Waals surface area contributed by atoms with E-state index in [1.165, 1.54) is 10.5 Å². The van der Waals surface area contributed by atoms with Gasteiger partial charge < -0.3 is 9.84 Å². The number of halogens is 1. The van der Waals surface area contributed by atoms with E-state index < -0.39 is 0 Å². The van der Waals surface area contributed by atoms with Gasteiger partial charge in [-0.1, -0.05) is 46.6 Å².